The summed E-state index contributed by atoms with van der Waals surface area (Å²) in [6, 6.07) is 19.7. The standard InChI is InChI=1S/C25H29NO4/c1-4-22(30-21-13-12-19-9-7-8-10-20(19)16-21)25(27)26-17-18-11-14-23(28-5-2)24(15-18)29-6-3/h7-16,22H,4-6,17H2,1-3H3,(H,26,27)/t22-/m1/s1. The second-order valence-electron chi connectivity index (χ2n) is 6.89. The first-order valence-electron chi connectivity index (χ1n) is 10.5. The summed E-state index contributed by atoms with van der Waals surface area (Å²) in [6.07, 6.45) is 0.0202. The minimum Gasteiger partial charge on any atom is -0.490 e. The molecule has 1 amide bonds. The van der Waals surface area contributed by atoms with Gasteiger partial charge in [-0.05, 0) is 60.9 Å². The van der Waals surface area contributed by atoms with Crippen LogP contribution in [-0.2, 0) is 11.3 Å². The lowest BCUT2D eigenvalue weighted by atomic mass is 10.1. The third-order valence-electron chi connectivity index (χ3n) is 4.74. The first-order valence-corrected chi connectivity index (χ1v) is 10.5. The molecule has 0 radical (unpaired) electrons. The molecule has 3 aromatic carbocycles. The Bertz CT molecular complexity index is 986. The minimum absolute atomic E-state index is 0.141. The van der Waals surface area contributed by atoms with E-state index >= 15 is 0 Å². The number of amides is 1. The lowest BCUT2D eigenvalue weighted by Crippen LogP contribution is -2.37. The Hall–Kier alpha value is -3.21. The van der Waals surface area contributed by atoms with Crippen molar-refractivity contribution in [3.8, 4) is 17.2 Å². The maximum Gasteiger partial charge on any atom is 0.261 e. The molecule has 0 spiro atoms. The highest BCUT2D eigenvalue weighted by atomic mass is 16.5. The van der Waals surface area contributed by atoms with Gasteiger partial charge >= 0.3 is 0 Å². The monoisotopic (exact) mass is 407 g/mol. The molecule has 158 valence electrons. The molecule has 3 rings (SSSR count). The Kier molecular flexibility index (Phi) is 7.55. The molecule has 30 heavy (non-hydrogen) atoms. The summed E-state index contributed by atoms with van der Waals surface area (Å²) in [5.41, 5.74) is 0.941. The van der Waals surface area contributed by atoms with Gasteiger partial charge < -0.3 is 19.5 Å². The summed E-state index contributed by atoms with van der Waals surface area (Å²) in [6.45, 7) is 7.32. The number of fused-ring (bicyclic) bond motifs is 1. The minimum atomic E-state index is -0.555. The molecule has 0 fully saturated rings. The van der Waals surface area contributed by atoms with Gasteiger partial charge in [0.2, 0.25) is 0 Å². The van der Waals surface area contributed by atoms with Crippen molar-refractivity contribution in [1.82, 2.24) is 5.32 Å². The normalized spacial score (nSPS) is 11.7. The smallest absolute Gasteiger partial charge is 0.261 e. The maximum absolute atomic E-state index is 12.7. The van der Waals surface area contributed by atoms with Gasteiger partial charge in [-0.3, -0.25) is 4.79 Å². The van der Waals surface area contributed by atoms with Crippen LogP contribution in [0.4, 0.5) is 0 Å². The van der Waals surface area contributed by atoms with E-state index in [1.165, 1.54) is 0 Å². The molecule has 0 bridgehead atoms. The molecular formula is C25H29NO4. The number of rotatable bonds is 10. The van der Waals surface area contributed by atoms with Gasteiger partial charge in [0.25, 0.3) is 5.91 Å². The molecule has 0 aliphatic carbocycles. The number of benzene rings is 3. The third-order valence-corrected chi connectivity index (χ3v) is 4.74. The van der Waals surface area contributed by atoms with Crippen LogP contribution in [0.15, 0.2) is 60.7 Å². The lowest BCUT2D eigenvalue weighted by molar-refractivity contribution is -0.128. The van der Waals surface area contributed by atoms with Crippen LogP contribution >= 0.6 is 0 Å². The van der Waals surface area contributed by atoms with Crippen LogP contribution in [-0.4, -0.2) is 25.2 Å². The quantitative estimate of drug-likeness (QED) is 0.507. The predicted octanol–water partition coefficient (Wildman–Crippen LogP) is 5.11. The van der Waals surface area contributed by atoms with Crippen molar-refractivity contribution in [2.45, 2.75) is 39.8 Å². The molecule has 1 atom stereocenters. The van der Waals surface area contributed by atoms with Crippen LogP contribution in [0.1, 0.15) is 32.8 Å². The van der Waals surface area contributed by atoms with Gasteiger partial charge in [0.1, 0.15) is 5.75 Å². The zero-order valence-electron chi connectivity index (χ0n) is 17.8. The summed E-state index contributed by atoms with van der Waals surface area (Å²) in [4.78, 5) is 12.7. The van der Waals surface area contributed by atoms with Crippen LogP contribution < -0.4 is 19.5 Å². The van der Waals surface area contributed by atoms with Gasteiger partial charge in [-0.2, -0.15) is 0 Å². The molecule has 0 aromatic heterocycles. The molecule has 0 unspecified atom stereocenters. The highest BCUT2D eigenvalue weighted by Gasteiger charge is 2.18. The van der Waals surface area contributed by atoms with Crippen molar-refractivity contribution in [1.29, 1.82) is 0 Å². The van der Waals surface area contributed by atoms with Crippen molar-refractivity contribution in [3.05, 3.63) is 66.2 Å². The Morgan fingerprint density at radius 3 is 2.33 bits per heavy atom. The average Bonchev–Trinajstić information content (AvgIpc) is 2.77. The molecular weight excluding hydrogens is 378 g/mol. The fourth-order valence-corrected chi connectivity index (χ4v) is 3.24. The zero-order chi connectivity index (χ0) is 21.3. The average molecular weight is 408 g/mol. The molecule has 1 N–H and O–H groups in total. The van der Waals surface area contributed by atoms with Gasteiger partial charge in [-0.1, -0.05) is 43.3 Å². The molecule has 5 heteroatoms. The second kappa shape index (κ2) is 10.5. The second-order valence-corrected chi connectivity index (χ2v) is 6.89. The number of hydrogen-bond donors (Lipinski definition) is 1. The van der Waals surface area contributed by atoms with E-state index in [9.17, 15) is 4.79 Å². The van der Waals surface area contributed by atoms with Crippen LogP contribution in [0.2, 0.25) is 0 Å². The predicted molar refractivity (Wildman–Crippen MR) is 119 cm³/mol. The van der Waals surface area contributed by atoms with Crippen molar-refractivity contribution < 1.29 is 19.0 Å². The van der Waals surface area contributed by atoms with Gasteiger partial charge in [0.05, 0.1) is 13.2 Å². The first kappa shape index (κ1) is 21.5. The summed E-state index contributed by atoms with van der Waals surface area (Å²) >= 11 is 0. The Labute approximate surface area is 178 Å². The Morgan fingerprint density at radius 2 is 1.60 bits per heavy atom. The molecule has 3 aromatic rings. The molecule has 5 nitrogen and oxygen atoms in total. The van der Waals surface area contributed by atoms with E-state index in [1.807, 2.05) is 75.4 Å². The molecule has 0 aliphatic rings. The van der Waals surface area contributed by atoms with Crippen molar-refractivity contribution in [2.75, 3.05) is 13.2 Å². The summed E-state index contributed by atoms with van der Waals surface area (Å²) in [7, 11) is 0. The highest BCUT2D eigenvalue weighted by Crippen LogP contribution is 2.28. The van der Waals surface area contributed by atoms with Crippen molar-refractivity contribution in [3.63, 3.8) is 0 Å². The van der Waals surface area contributed by atoms with E-state index in [4.69, 9.17) is 14.2 Å². The van der Waals surface area contributed by atoms with Crippen LogP contribution in [0, 0.1) is 0 Å². The first-order chi connectivity index (χ1) is 14.6. The van der Waals surface area contributed by atoms with Gasteiger partial charge in [0, 0.05) is 6.54 Å². The summed E-state index contributed by atoms with van der Waals surface area (Å²) in [5, 5.41) is 5.20. The van der Waals surface area contributed by atoms with Gasteiger partial charge in [0.15, 0.2) is 17.6 Å². The van der Waals surface area contributed by atoms with E-state index in [0.29, 0.717) is 43.4 Å². The fourth-order valence-electron chi connectivity index (χ4n) is 3.24. The lowest BCUT2D eigenvalue weighted by Gasteiger charge is -2.18. The molecule has 0 aliphatic heterocycles. The third kappa shape index (κ3) is 5.44. The van der Waals surface area contributed by atoms with E-state index in [0.717, 1.165) is 16.3 Å². The van der Waals surface area contributed by atoms with E-state index < -0.39 is 6.10 Å². The summed E-state index contributed by atoms with van der Waals surface area (Å²) in [5.74, 6) is 1.94. The summed E-state index contributed by atoms with van der Waals surface area (Å²) < 4.78 is 17.2. The van der Waals surface area contributed by atoms with Gasteiger partial charge in [-0.25, -0.2) is 0 Å². The Morgan fingerprint density at radius 1 is 0.867 bits per heavy atom. The Balaban J connectivity index is 1.64. The van der Waals surface area contributed by atoms with E-state index in [-0.39, 0.29) is 5.91 Å². The van der Waals surface area contributed by atoms with E-state index in [1.54, 1.807) is 0 Å². The van der Waals surface area contributed by atoms with Crippen molar-refractivity contribution in [2.24, 2.45) is 0 Å². The topological polar surface area (TPSA) is 56.8 Å². The van der Waals surface area contributed by atoms with Crippen LogP contribution in [0.3, 0.4) is 0 Å². The van der Waals surface area contributed by atoms with Crippen molar-refractivity contribution >= 4 is 16.7 Å². The number of ether oxygens (including phenoxy) is 3. The number of nitrogens with one attached hydrogen (secondary N) is 1. The zero-order valence-corrected chi connectivity index (χ0v) is 17.8. The number of carbonyl (C=O) groups excluding carboxylic acids is 1. The fraction of sp³-hybridized carbons (Fsp3) is 0.320. The van der Waals surface area contributed by atoms with Crippen LogP contribution in [0.25, 0.3) is 10.8 Å². The highest BCUT2D eigenvalue weighted by molar-refractivity contribution is 5.84. The SMILES string of the molecule is CCOc1ccc(CNC(=O)[C@@H](CC)Oc2ccc3ccccc3c2)cc1OCC. The van der Waals surface area contributed by atoms with Crippen LogP contribution in [0.5, 0.6) is 17.2 Å². The largest absolute Gasteiger partial charge is 0.490 e. The number of hydrogen-bond acceptors (Lipinski definition) is 4. The molecule has 0 saturated carbocycles. The maximum atomic E-state index is 12.7. The number of carbonyl (C=O) groups is 1. The van der Waals surface area contributed by atoms with E-state index in [2.05, 4.69) is 11.4 Å². The molecule has 0 saturated heterocycles. The molecule has 0 heterocycles. The van der Waals surface area contributed by atoms with Gasteiger partial charge in [-0.15, -0.1) is 0 Å².